The molecule has 0 aliphatic carbocycles. The fourth-order valence-corrected chi connectivity index (χ4v) is 6.21. The highest BCUT2D eigenvalue weighted by atomic mass is 32.1. The number of rotatable bonds is 6. The van der Waals surface area contributed by atoms with E-state index in [-0.39, 0.29) is 30.3 Å². The van der Waals surface area contributed by atoms with Gasteiger partial charge in [0.2, 0.25) is 5.91 Å². The maximum absolute atomic E-state index is 14.0. The summed E-state index contributed by atoms with van der Waals surface area (Å²) in [6.45, 7) is 7.53. The van der Waals surface area contributed by atoms with Crippen molar-refractivity contribution in [3.05, 3.63) is 105 Å². The van der Waals surface area contributed by atoms with E-state index in [0.717, 1.165) is 22.8 Å². The van der Waals surface area contributed by atoms with Gasteiger partial charge in [0.05, 0.1) is 6.04 Å². The van der Waals surface area contributed by atoms with E-state index in [0.29, 0.717) is 18.7 Å². The van der Waals surface area contributed by atoms with Crippen molar-refractivity contribution in [2.75, 3.05) is 19.6 Å². The van der Waals surface area contributed by atoms with Crippen LogP contribution in [-0.2, 0) is 11.2 Å². The molecule has 184 valence electrons. The summed E-state index contributed by atoms with van der Waals surface area (Å²) in [5.74, 6) is 0.151. The van der Waals surface area contributed by atoms with Gasteiger partial charge in [-0.15, -0.1) is 11.3 Å². The molecule has 5 rings (SSSR count). The van der Waals surface area contributed by atoms with Crippen molar-refractivity contribution in [1.82, 2.24) is 9.80 Å². The summed E-state index contributed by atoms with van der Waals surface area (Å²) >= 11 is 1.77. The maximum atomic E-state index is 14.0. The van der Waals surface area contributed by atoms with Crippen LogP contribution in [0.3, 0.4) is 0 Å². The van der Waals surface area contributed by atoms with Crippen molar-refractivity contribution in [3.8, 4) is 0 Å². The lowest BCUT2D eigenvalue weighted by Gasteiger charge is -2.38. The highest BCUT2D eigenvalue weighted by molar-refractivity contribution is 7.10. The van der Waals surface area contributed by atoms with Gasteiger partial charge in [0, 0.05) is 23.5 Å². The molecule has 1 aliphatic heterocycles. The molecular weight excluding hydrogens is 464 g/mol. The Labute approximate surface area is 217 Å². The number of hydrogen-bond acceptors (Lipinski definition) is 3. The van der Waals surface area contributed by atoms with Crippen molar-refractivity contribution >= 4 is 33.9 Å². The molecule has 0 fully saturated rings. The van der Waals surface area contributed by atoms with Crippen LogP contribution in [-0.4, -0.2) is 41.2 Å². The van der Waals surface area contributed by atoms with E-state index in [1.54, 1.807) is 16.2 Å². The summed E-state index contributed by atoms with van der Waals surface area (Å²) in [7, 11) is 0. The summed E-state index contributed by atoms with van der Waals surface area (Å²) in [6.07, 6.45) is 0.850. The number of aryl methyl sites for hydroxylation is 1. The second kappa shape index (κ2) is 10.3. The molecule has 0 radical (unpaired) electrons. The van der Waals surface area contributed by atoms with Crippen LogP contribution in [0.2, 0.25) is 0 Å². The van der Waals surface area contributed by atoms with Crippen LogP contribution < -0.4 is 0 Å². The monoisotopic (exact) mass is 496 g/mol. The standard InChI is InChI=1S/C31H32N2O2S/c1-21(2)19-32(31(35)26-14-8-11-23-10-5-7-13-25(23)26)20-29(34)33-17-15-28-27(16-18-36-28)30(33)24-12-6-4-9-22(24)3/h4-14,16,18,21,30H,15,17,19-20H2,1-3H3. The molecule has 0 saturated carbocycles. The van der Waals surface area contributed by atoms with Gasteiger partial charge in [0.25, 0.3) is 5.91 Å². The topological polar surface area (TPSA) is 40.6 Å². The Kier molecular flexibility index (Phi) is 6.92. The third kappa shape index (κ3) is 4.68. The van der Waals surface area contributed by atoms with Crippen LogP contribution in [0.15, 0.2) is 78.2 Å². The number of carbonyl (C=O) groups excluding carboxylic acids is 2. The number of amides is 2. The van der Waals surface area contributed by atoms with E-state index >= 15 is 0 Å². The average molecular weight is 497 g/mol. The van der Waals surface area contributed by atoms with Gasteiger partial charge in [-0.3, -0.25) is 9.59 Å². The van der Waals surface area contributed by atoms with Gasteiger partial charge in [0.15, 0.2) is 0 Å². The number of carbonyl (C=O) groups is 2. The molecule has 1 aliphatic rings. The zero-order valence-electron chi connectivity index (χ0n) is 21.1. The van der Waals surface area contributed by atoms with Gasteiger partial charge in [0.1, 0.15) is 6.54 Å². The van der Waals surface area contributed by atoms with Crippen LogP contribution >= 0.6 is 11.3 Å². The van der Waals surface area contributed by atoms with Crippen molar-refractivity contribution in [1.29, 1.82) is 0 Å². The molecule has 1 unspecified atom stereocenters. The predicted molar refractivity (Wildman–Crippen MR) is 147 cm³/mol. The Hall–Kier alpha value is -3.44. The lowest BCUT2D eigenvalue weighted by molar-refractivity contribution is -0.134. The van der Waals surface area contributed by atoms with E-state index in [4.69, 9.17) is 0 Å². The van der Waals surface area contributed by atoms with Gasteiger partial charge in [-0.1, -0.05) is 74.5 Å². The first-order valence-electron chi connectivity index (χ1n) is 12.6. The minimum Gasteiger partial charge on any atom is -0.330 e. The Balaban J connectivity index is 1.48. The maximum Gasteiger partial charge on any atom is 0.254 e. The Morgan fingerprint density at radius 2 is 1.72 bits per heavy atom. The lowest BCUT2D eigenvalue weighted by atomic mass is 9.90. The first-order chi connectivity index (χ1) is 17.4. The highest BCUT2D eigenvalue weighted by Gasteiger charge is 2.35. The van der Waals surface area contributed by atoms with Gasteiger partial charge in [-0.05, 0) is 64.2 Å². The van der Waals surface area contributed by atoms with E-state index in [1.165, 1.54) is 16.0 Å². The van der Waals surface area contributed by atoms with Crippen molar-refractivity contribution < 1.29 is 9.59 Å². The molecule has 4 aromatic rings. The van der Waals surface area contributed by atoms with Crippen molar-refractivity contribution in [3.63, 3.8) is 0 Å². The molecule has 1 aromatic heterocycles. The third-order valence-corrected chi connectivity index (χ3v) is 7.98. The fourth-order valence-electron chi connectivity index (χ4n) is 5.31. The van der Waals surface area contributed by atoms with Crippen molar-refractivity contribution in [2.24, 2.45) is 5.92 Å². The van der Waals surface area contributed by atoms with Gasteiger partial charge >= 0.3 is 0 Å². The number of hydrogen-bond donors (Lipinski definition) is 0. The van der Waals surface area contributed by atoms with Crippen molar-refractivity contribution in [2.45, 2.75) is 33.2 Å². The SMILES string of the molecule is Cc1ccccc1C1c2ccsc2CCN1C(=O)CN(CC(C)C)C(=O)c1cccc2ccccc12. The summed E-state index contributed by atoms with van der Waals surface area (Å²) in [5, 5.41) is 4.07. The number of benzene rings is 3. The third-order valence-electron chi connectivity index (χ3n) is 6.99. The summed E-state index contributed by atoms with van der Waals surface area (Å²) in [4.78, 5) is 32.9. The van der Waals surface area contributed by atoms with E-state index < -0.39 is 0 Å². The molecule has 0 spiro atoms. The molecule has 3 aromatic carbocycles. The number of fused-ring (bicyclic) bond motifs is 2. The quantitative estimate of drug-likeness (QED) is 0.306. The molecule has 2 heterocycles. The first-order valence-corrected chi connectivity index (χ1v) is 13.5. The smallest absolute Gasteiger partial charge is 0.254 e. The molecule has 4 nitrogen and oxygen atoms in total. The summed E-state index contributed by atoms with van der Waals surface area (Å²) in [6, 6.07) is 24.1. The second-order valence-corrected chi connectivity index (χ2v) is 11.0. The van der Waals surface area contributed by atoms with Gasteiger partial charge in [-0.2, -0.15) is 0 Å². The molecular formula is C31H32N2O2S. The van der Waals surface area contributed by atoms with Crippen LogP contribution in [0, 0.1) is 12.8 Å². The van der Waals surface area contributed by atoms with E-state index in [1.807, 2.05) is 59.5 Å². The van der Waals surface area contributed by atoms with Crippen LogP contribution in [0.4, 0.5) is 0 Å². The zero-order chi connectivity index (χ0) is 25.2. The molecule has 1 atom stereocenters. The van der Waals surface area contributed by atoms with Crippen LogP contribution in [0.25, 0.3) is 10.8 Å². The number of thiophene rings is 1. The number of nitrogens with zero attached hydrogens (tertiary/aromatic N) is 2. The first kappa shape index (κ1) is 24.3. The Bertz CT molecular complexity index is 1400. The minimum atomic E-state index is -0.123. The van der Waals surface area contributed by atoms with Gasteiger partial charge < -0.3 is 9.80 Å². The molecule has 0 bridgehead atoms. The summed E-state index contributed by atoms with van der Waals surface area (Å²) < 4.78 is 0. The average Bonchev–Trinajstić information content (AvgIpc) is 3.36. The minimum absolute atomic E-state index is 0.00524. The highest BCUT2D eigenvalue weighted by Crippen LogP contribution is 2.39. The molecule has 0 N–H and O–H groups in total. The van der Waals surface area contributed by atoms with Crippen LogP contribution in [0.5, 0.6) is 0 Å². The van der Waals surface area contributed by atoms with E-state index in [2.05, 4.69) is 44.4 Å². The van der Waals surface area contributed by atoms with E-state index in [9.17, 15) is 9.59 Å². The largest absolute Gasteiger partial charge is 0.330 e. The molecule has 2 amide bonds. The predicted octanol–water partition coefficient (Wildman–Crippen LogP) is 6.48. The fraction of sp³-hybridized carbons (Fsp3) is 0.290. The second-order valence-electron chi connectivity index (χ2n) is 10.0. The lowest BCUT2D eigenvalue weighted by Crippen LogP contribution is -2.47. The Morgan fingerprint density at radius 3 is 2.53 bits per heavy atom. The molecule has 36 heavy (non-hydrogen) atoms. The van der Waals surface area contributed by atoms with Gasteiger partial charge in [-0.25, -0.2) is 0 Å². The Morgan fingerprint density at radius 1 is 0.972 bits per heavy atom. The molecule has 5 heteroatoms. The normalized spacial score (nSPS) is 15.2. The molecule has 0 saturated heterocycles. The summed E-state index contributed by atoms with van der Waals surface area (Å²) in [5.41, 5.74) is 4.19. The van der Waals surface area contributed by atoms with Crippen LogP contribution in [0.1, 0.15) is 51.8 Å². The zero-order valence-corrected chi connectivity index (χ0v) is 21.9.